The quantitative estimate of drug-likeness (QED) is 0.0197. The Labute approximate surface area is 742 Å². The third-order valence-corrected chi connectivity index (χ3v) is 25.9. The Balaban J connectivity index is 0.979. The Bertz CT molecular complexity index is 5220. The van der Waals surface area contributed by atoms with Gasteiger partial charge >= 0.3 is 12.1 Å². The molecule has 18 N–H and O–H groups in total. The van der Waals surface area contributed by atoms with Crippen LogP contribution in [-0.4, -0.2) is 194 Å². The number of aliphatic hydroxyl groups is 5. The number of carboxylic acid groups (broad SMARTS) is 1. The van der Waals surface area contributed by atoms with Crippen molar-refractivity contribution in [2.24, 2.45) is 23.5 Å². The molecule has 35 nitrogen and oxygen atoms in total. The number of phenols is 3. The molecular weight excluding hydrogens is 1720 g/mol. The van der Waals surface area contributed by atoms with Gasteiger partial charge in [0.1, 0.15) is 77.4 Å². The van der Waals surface area contributed by atoms with E-state index in [0.717, 1.165) is 92.3 Å². The summed E-state index contributed by atoms with van der Waals surface area (Å²) in [5.41, 5.74) is 2.75. The van der Waals surface area contributed by atoms with Crippen molar-refractivity contribution in [3.05, 3.63) is 146 Å². The Kier molecular flexibility index (Phi) is 31.2. The number of nitrogens with one attached hydrogen (secondary N) is 7. The SMILES string of the molecule is CCCCCCCCc1ccc(S(=O)(=O)NCCCCNCc2c(O)cc3c(c2O)-c2cc(ccc2O)[C@H]2CC(=O)[C@@H]4NC(=O)[C@H](CC(N)=O)CC(=O)[C@H](NC(=O)[C@H](CC)CC(C)C)[C@H](O)c5ccc(c(Cl)c5)Oc5cc4cc(c5O[C@@H]4O[C@H](CO)[C@@H](O)[C@H](O)[C@H]4O[C@H]4C[C@]5(C)NC(=O)O[C@@H]5[C@H](C)O4)Oc4ccc(cc4Cl)[C@@H](O)[C@H](NC2=O)C(=O)N[C@@H]3C(=O)O)cc1. The van der Waals surface area contributed by atoms with E-state index in [0.29, 0.717) is 19.3 Å². The molecule has 8 heterocycles. The molecule has 0 spiro atoms. The van der Waals surface area contributed by atoms with E-state index >= 15 is 24.0 Å². The minimum absolute atomic E-state index is 0.0179. The molecule has 38 heteroatoms. The monoisotopic (exact) mass is 1820 g/mol. The third-order valence-electron chi connectivity index (χ3n) is 23.9. The summed E-state index contributed by atoms with van der Waals surface area (Å²) in [5, 5.41) is 123. The van der Waals surface area contributed by atoms with Crippen LogP contribution in [0.5, 0.6) is 46.0 Å². The first-order valence-electron chi connectivity index (χ1n) is 42.5. The molecule has 14 rings (SSSR count). The molecule has 0 radical (unpaired) electrons. The molecule has 3 saturated heterocycles. The number of amides is 6. The maximum absolute atomic E-state index is 16.5. The summed E-state index contributed by atoms with van der Waals surface area (Å²) in [6.45, 7) is 9.66. The first kappa shape index (κ1) is 95.8. The predicted octanol–water partition coefficient (Wildman–Crippen LogP) is 8.06. The molecule has 0 aliphatic carbocycles. The van der Waals surface area contributed by atoms with E-state index in [9.17, 15) is 73.6 Å². The summed E-state index contributed by atoms with van der Waals surface area (Å²) in [7, 11) is -3.91. The number of carboxylic acids is 1. The van der Waals surface area contributed by atoms with Gasteiger partial charge in [0.2, 0.25) is 51.6 Å². The number of alkyl carbamates (subject to hydrolysis) is 1. The van der Waals surface area contributed by atoms with E-state index < -0.39 is 265 Å². The molecule has 8 aliphatic heterocycles. The zero-order valence-electron chi connectivity index (χ0n) is 70.7. The predicted molar refractivity (Wildman–Crippen MR) is 456 cm³/mol. The van der Waals surface area contributed by atoms with Crippen LogP contribution in [-0.2, 0) is 80.3 Å². The van der Waals surface area contributed by atoms with E-state index in [1.54, 1.807) is 45.0 Å². The van der Waals surface area contributed by atoms with Crippen molar-refractivity contribution < 1.29 is 131 Å². The van der Waals surface area contributed by atoms with E-state index in [4.69, 9.17) is 62.1 Å². The number of unbranched alkanes of at least 4 members (excludes halogenated alkanes) is 6. The van der Waals surface area contributed by atoms with E-state index in [2.05, 4.69) is 43.5 Å². The zero-order chi connectivity index (χ0) is 91.8. The van der Waals surface area contributed by atoms with Crippen LogP contribution in [0.1, 0.15) is 201 Å². The van der Waals surface area contributed by atoms with Crippen molar-refractivity contribution in [2.75, 3.05) is 19.7 Å². The summed E-state index contributed by atoms with van der Waals surface area (Å²) in [5.74, 6) is -19.6. The van der Waals surface area contributed by atoms with Gasteiger partial charge in [-0.1, -0.05) is 113 Å². The Hall–Kier alpha value is -10.3. The number of rotatable bonds is 29. The highest BCUT2D eigenvalue weighted by Gasteiger charge is 2.56. The van der Waals surface area contributed by atoms with Gasteiger partial charge in [-0.3, -0.25) is 33.6 Å². The number of benzene rings is 6. The number of primary amides is 1. The first-order valence-corrected chi connectivity index (χ1v) is 44.7. The van der Waals surface area contributed by atoms with Gasteiger partial charge in [0.15, 0.2) is 47.6 Å². The normalized spacial score (nSPS) is 26.4. The lowest BCUT2D eigenvalue weighted by molar-refractivity contribution is -0.332. The van der Waals surface area contributed by atoms with Crippen LogP contribution in [0.25, 0.3) is 11.1 Å². The van der Waals surface area contributed by atoms with Gasteiger partial charge in [0, 0.05) is 61.4 Å². The fraction of sp³-hybridized carbons (Fsp3) is 0.494. The van der Waals surface area contributed by atoms with Crippen molar-refractivity contribution in [1.82, 2.24) is 36.6 Å². The van der Waals surface area contributed by atoms with Crippen LogP contribution in [0, 0.1) is 17.8 Å². The standard InChI is InChI=1S/C89H108Cl2N8O27S/c1-7-9-10-11-12-13-16-44-17-22-51(23-18-44)127(118,119)94-28-15-14-27-93-40-55-59(102)38-54-69(76(55)108)53-30-46(19-24-58(53)101)52-37-61(104)70-49-34-64(121-62-25-20-47(31-56(62)90)74(106)72(97-82(111)45(8-2)29-42(3)4)60(103)33-50(36-67(92)105)83(112)95-70)79(65(35-49)122-63-26-21-48(32-57(63)91)75(107)73(98-84(52)113)85(114)96-71(54)86(115)116)125-87-80(78(110)77(109)66(41-100)123-87)124-68-39-89(6)81(43(5)120-68)126-88(117)99-89/h17-26,30-32,34-35,38,42-43,45,50,52,66,68,70-75,77-78,80-81,87,93-94,100-102,106-110H,7-16,27-29,33,36-37,39-41H2,1-6H3,(H2,92,105)(H,95,112)(H,96,114)(H,97,111)(H,98,113)(H,99,117)(H,115,116)/t43-,45+,50-,52+,66+,68-,70+,71-,72-,73-,74+,75+,77+,78-,80+,81+,87-,89-/m0/s1. The van der Waals surface area contributed by atoms with Gasteiger partial charge in [0.25, 0.3) is 0 Å². The first-order chi connectivity index (χ1) is 60.4. The minimum atomic E-state index is -3.91. The molecule has 127 heavy (non-hydrogen) atoms. The second-order valence-electron chi connectivity index (χ2n) is 33.7. The van der Waals surface area contributed by atoms with Crippen LogP contribution in [0.3, 0.4) is 0 Å². The Morgan fingerprint density at radius 2 is 1.36 bits per heavy atom. The number of phenolic OH excluding ortho intramolecular Hbond substituents is 3. The number of carbonyl (C=O) groups excluding carboxylic acids is 8. The van der Waals surface area contributed by atoms with Crippen molar-refractivity contribution in [2.45, 2.75) is 246 Å². The van der Waals surface area contributed by atoms with Gasteiger partial charge in [0.05, 0.1) is 50.6 Å². The highest BCUT2D eigenvalue weighted by molar-refractivity contribution is 7.89. The molecular formula is C89H108Cl2N8O27S. The molecule has 0 unspecified atom stereocenters. The Morgan fingerprint density at radius 1 is 0.709 bits per heavy atom. The molecule has 6 amide bonds. The summed E-state index contributed by atoms with van der Waals surface area (Å²) < 4.78 is 74.1. The highest BCUT2D eigenvalue weighted by Crippen LogP contribution is 2.52. The van der Waals surface area contributed by atoms with Gasteiger partial charge < -0.3 is 117 Å². The number of aliphatic hydroxyl groups excluding tert-OH is 5. The van der Waals surface area contributed by atoms with E-state index in [1.165, 1.54) is 31.0 Å². The number of hydrogen-bond acceptors (Lipinski definition) is 27. The number of fused-ring (bicyclic) bond motifs is 16. The second kappa shape index (κ2) is 41.4. The number of hydrogen-bond donors (Lipinski definition) is 17. The van der Waals surface area contributed by atoms with Gasteiger partial charge in [-0.15, -0.1) is 0 Å². The van der Waals surface area contributed by atoms with Crippen LogP contribution >= 0.6 is 23.2 Å². The molecule has 0 saturated carbocycles. The lowest BCUT2D eigenvalue weighted by Gasteiger charge is -2.46. The van der Waals surface area contributed by atoms with Crippen molar-refractivity contribution >= 4 is 86.4 Å². The lowest BCUT2D eigenvalue weighted by Crippen LogP contribution is -2.63. The largest absolute Gasteiger partial charge is 0.507 e. The fourth-order valence-electron chi connectivity index (χ4n) is 17.0. The van der Waals surface area contributed by atoms with Crippen molar-refractivity contribution in [3.63, 3.8) is 0 Å². The maximum atomic E-state index is 16.5. The van der Waals surface area contributed by atoms with E-state index in [-0.39, 0.29) is 76.3 Å². The topological polar surface area (TPSA) is 545 Å². The van der Waals surface area contributed by atoms with Gasteiger partial charge in [-0.05, 0) is 159 Å². The summed E-state index contributed by atoms with van der Waals surface area (Å²) >= 11 is 14.4. The summed E-state index contributed by atoms with van der Waals surface area (Å²) in [4.78, 5) is 133. The van der Waals surface area contributed by atoms with Gasteiger partial charge in [-0.25, -0.2) is 22.7 Å². The smallest absolute Gasteiger partial charge is 0.408 e. The molecule has 6 aromatic carbocycles. The van der Waals surface area contributed by atoms with Gasteiger partial charge in [-0.2, -0.15) is 0 Å². The lowest BCUT2D eigenvalue weighted by atomic mass is 9.84. The molecule has 686 valence electrons. The fourth-order valence-corrected chi connectivity index (χ4v) is 18.5. The number of aliphatic carboxylic acids is 1. The molecule has 6 aromatic rings. The highest BCUT2D eigenvalue weighted by atomic mass is 35.5. The number of halogens is 2. The number of Topliss-reactive ketones (excluding diaryl/α,β-unsaturated/α-hetero) is 2. The number of sulfonamides is 1. The van der Waals surface area contributed by atoms with Crippen LogP contribution in [0.2, 0.25) is 10.0 Å². The molecule has 0 aromatic heterocycles. The Morgan fingerprint density at radius 3 is 2.00 bits per heavy atom. The number of aromatic hydroxyl groups is 3. The number of ketones is 2. The minimum Gasteiger partial charge on any atom is -0.507 e. The average molecular weight is 1820 g/mol. The third kappa shape index (κ3) is 22.2. The van der Waals surface area contributed by atoms with Crippen LogP contribution < -0.4 is 56.6 Å². The summed E-state index contributed by atoms with van der Waals surface area (Å²) in [6, 6.07) is 11.3. The summed E-state index contributed by atoms with van der Waals surface area (Å²) in [6.07, 6.45) is -12.2. The molecule has 8 aliphatic rings. The maximum Gasteiger partial charge on any atom is 0.408 e. The van der Waals surface area contributed by atoms with Crippen molar-refractivity contribution in [1.29, 1.82) is 0 Å². The van der Waals surface area contributed by atoms with Crippen LogP contribution in [0.4, 0.5) is 4.79 Å². The molecule has 3 fully saturated rings. The molecule has 18 atom stereocenters. The number of aryl methyl sites for hydroxylation is 1. The zero-order valence-corrected chi connectivity index (χ0v) is 73.0. The number of nitrogens with two attached hydrogens (primary N) is 1. The van der Waals surface area contributed by atoms with Crippen LogP contribution in [0.15, 0.2) is 102 Å². The second-order valence-corrected chi connectivity index (χ2v) is 36.3. The average Bonchev–Trinajstić information content (AvgIpc) is 1.73. The molecule has 11 bridgehead atoms. The van der Waals surface area contributed by atoms with Crippen molar-refractivity contribution in [3.8, 4) is 57.1 Å². The number of ether oxygens (including phenoxy) is 7. The van der Waals surface area contributed by atoms with E-state index in [1.807, 2.05) is 13.8 Å². The number of carbonyl (C=O) groups is 9.